The molecule has 5 saturated carbocycles. The molecule has 0 aromatic rings. The summed E-state index contributed by atoms with van der Waals surface area (Å²) in [6.45, 7) is 2.31. The summed E-state index contributed by atoms with van der Waals surface area (Å²) >= 11 is 0. The number of hydrogen-bond acceptors (Lipinski definition) is 1. The first kappa shape index (κ1) is 13.2. The number of carbonyl (C=O) groups is 1. The number of carbonyl (C=O) groups excluding carboxylic acids is 1. The maximum atomic E-state index is 12.4. The van der Waals surface area contributed by atoms with Gasteiger partial charge in [0.1, 0.15) is 0 Å². The topological polar surface area (TPSA) is 29.1 Å². The van der Waals surface area contributed by atoms with Crippen LogP contribution in [-0.4, -0.2) is 11.9 Å². The highest BCUT2D eigenvalue weighted by Gasteiger charge is 2.53. The van der Waals surface area contributed by atoms with Crippen molar-refractivity contribution < 1.29 is 4.79 Å². The van der Waals surface area contributed by atoms with E-state index < -0.39 is 0 Å². The standard InChI is InChI=1S/C18H29NO/c1-12(19-17(20)16-4-2-3-5-16)18-9-13-6-14(10-18)8-15(7-13)11-18/h12-16H,2-11H2,1H3,(H,19,20)/t12-,13?,14?,15?,18?/m0/s1. The van der Waals surface area contributed by atoms with Gasteiger partial charge in [-0.1, -0.05) is 12.8 Å². The van der Waals surface area contributed by atoms with Gasteiger partial charge in [0, 0.05) is 12.0 Å². The van der Waals surface area contributed by atoms with Crippen molar-refractivity contribution in [2.75, 3.05) is 0 Å². The first-order valence-corrected chi connectivity index (χ1v) is 8.95. The highest BCUT2D eigenvalue weighted by molar-refractivity contribution is 5.79. The van der Waals surface area contributed by atoms with Gasteiger partial charge in [-0.2, -0.15) is 0 Å². The second-order valence-corrected chi connectivity index (χ2v) is 8.49. The van der Waals surface area contributed by atoms with Gasteiger partial charge in [0.05, 0.1) is 0 Å². The zero-order valence-electron chi connectivity index (χ0n) is 12.9. The third kappa shape index (κ3) is 2.10. The molecule has 20 heavy (non-hydrogen) atoms. The van der Waals surface area contributed by atoms with E-state index in [9.17, 15) is 4.79 Å². The molecule has 5 rings (SSSR count). The minimum atomic E-state index is 0.325. The third-order valence-corrected chi connectivity index (χ3v) is 7.09. The molecule has 5 aliphatic rings. The van der Waals surface area contributed by atoms with Crippen molar-refractivity contribution in [1.29, 1.82) is 0 Å². The minimum Gasteiger partial charge on any atom is -0.353 e. The molecule has 112 valence electrons. The van der Waals surface area contributed by atoms with Crippen molar-refractivity contribution in [3.05, 3.63) is 0 Å². The molecule has 4 bridgehead atoms. The highest BCUT2D eigenvalue weighted by Crippen LogP contribution is 2.61. The lowest BCUT2D eigenvalue weighted by Crippen LogP contribution is -2.56. The van der Waals surface area contributed by atoms with Crippen LogP contribution in [0.3, 0.4) is 0 Å². The van der Waals surface area contributed by atoms with Gasteiger partial charge in [0.15, 0.2) is 0 Å². The molecule has 0 aromatic heterocycles. The average Bonchev–Trinajstić information content (AvgIpc) is 2.90. The van der Waals surface area contributed by atoms with Gasteiger partial charge in [-0.05, 0) is 81.5 Å². The molecular formula is C18H29NO. The van der Waals surface area contributed by atoms with Gasteiger partial charge >= 0.3 is 0 Å². The van der Waals surface area contributed by atoms with Crippen LogP contribution in [0.4, 0.5) is 0 Å². The van der Waals surface area contributed by atoms with Crippen LogP contribution in [0.15, 0.2) is 0 Å². The molecule has 1 atom stereocenters. The van der Waals surface area contributed by atoms with E-state index in [0.717, 1.165) is 30.6 Å². The van der Waals surface area contributed by atoms with Gasteiger partial charge in [-0.3, -0.25) is 4.79 Å². The Kier molecular flexibility index (Phi) is 3.12. The molecule has 0 unspecified atom stereocenters. The van der Waals surface area contributed by atoms with Gasteiger partial charge in [-0.25, -0.2) is 0 Å². The lowest BCUT2D eigenvalue weighted by atomic mass is 9.48. The van der Waals surface area contributed by atoms with E-state index in [-0.39, 0.29) is 0 Å². The van der Waals surface area contributed by atoms with E-state index in [1.54, 1.807) is 0 Å². The molecule has 0 aliphatic heterocycles. The third-order valence-electron chi connectivity index (χ3n) is 7.09. The van der Waals surface area contributed by atoms with Gasteiger partial charge in [0.2, 0.25) is 5.91 Å². The molecule has 5 fully saturated rings. The molecule has 2 nitrogen and oxygen atoms in total. The Bertz CT molecular complexity index is 361. The summed E-state index contributed by atoms with van der Waals surface area (Å²) in [5, 5.41) is 3.44. The van der Waals surface area contributed by atoms with E-state index in [0.29, 0.717) is 23.3 Å². The van der Waals surface area contributed by atoms with Crippen molar-refractivity contribution >= 4 is 5.91 Å². The Labute approximate surface area is 123 Å². The van der Waals surface area contributed by atoms with Crippen LogP contribution < -0.4 is 5.32 Å². The predicted octanol–water partition coefficient (Wildman–Crippen LogP) is 3.90. The Morgan fingerprint density at radius 3 is 2.00 bits per heavy atom. The summed E-state index contributed by atoms with van der Waals surface area (Å²) in [6, 6.07) is 0.406. The molecule has 1 amide bonds. The van der Waals surface area contributed by atoms with Crippen molar-refractivity contribution in [1.82, 2.24) is 5.32 Å². The van der Waals surface area contributed by atoms with E-state index in [1.807, 2.05) is 0 Å². The monoisotopic (exact) mass is 275 g/mol. The maximum Gasteiger partial charge on any atom is 0.223 e. The number of nitrogens with one attached hydrogen (secondary N) is 1. The molecule has 2 heteroatoms. The normalized spacial score (nSPS) is 44.8. The van der Waals surface area contributed by atoms with Crippen molar-refractivity contribution in [3.8, 4) is 0 Å². The van der Waals surface area contributed by atoms with Gasteiger partial charge in [-0.15, -0.1) is 0 Å². The van der Waals surface area contributed by atoms with Gasteiger partial charge < -0.3 is 5.32 Å². The van der Waals surface area contributed by atoms with Gasteiger partial charge in [0.25, 0.3) is 0 Å². The lowest BCUT2D eigenvalue weighted by molar-refractivity contribution is -0.129. The molecule has 1 N–H and O–H groups in total. The largest absolute Gasteiger partial charge is 0.353 e. The van der Waals surface area contributed by atoms with Crippen molar-refractivity contribution in [3.63, 3.8) is 0 Å². The fraction of sp³-hybridized carbons (Fsp3) is 0.944. The lowest BCUT2D eigenvalue weighted by Gasteiger charge is -2.59. The predicted molar refractivity (Wildman–Crippen MR) is 80.2 cm³/mol. The van der Waals surface area contributed by atoms with E-state index in [4.69, 9.17) is 0 Å². The summed E-state index contributed by atoms with van der Waals surface area (Å²) in [7, 11) is 0. The first-order valence-electron chi connectivity index (χ1n) is 8.95. The summed E-state index contributed by atoms with van der Waals surface area (Å²) < 4.78 is 0. The van der Waals surface area contributed by atoms with Crippen LogP contribution in [0.1, 0.15) is 71.1 Å². The molecule has 0 heterocycles. The first-order chi connectivity index (χ1) is 9.64. The number of hydrogen-bond donors (Lipinski definition) is 1. The number of amides is 1. The average molecular weight is 275 g/mol. The van der Waals surface area contributed by atoms with Crippen LogP contribution in [-0.2, 0) is 4.79 Å². The molecule has 5 aliphatic carbocycles. The van der Waals surface area contributed by atoms with Crippen molar-refractivity contribution in [2.45, 2.75) is 77.2 Å². The SMILES string of the molecule is C[C@H](NC(=O)C1CCCC1)C12CC3CC(CC(C3)C1)C2. The number of rotatable bonds is 3. The van der Waals surface area contributed by atoms with Crippen molar-refractivity contribution in [2.24, 2.45) is 29.1 Å². The van der Waals surface area contributed by atoms with Crippen LogP contribution in [0.25, 0.3) is 0 Å². The molecular weight excluding hydrogens is 246 g/mol. The summed E-state index contributed by atoms with van der Waals surface area (Å²) in [5.41, 5.74) is 0.461. The second kappa shape index (κ2) is 4.74. The quantitative estimate of drug-likeness (QED) is 0.831. The molecule has 0 saturated heterocycles. The molecule has 0 aromatic carbocycles. The van der Waals surface area contributed by atoms with Crippen LogP contribution in [0, 0.1) is 29.1 Å². The summed E-state index contributed by atoms with van der Waals surface area (Å²) in [6.07, 6.45) is 13.4. The molecule has 0 radical (unpaired) electrons. The van der Waals surface area contributed by atoms with Crippen LogP contribution in [0.5, 0.6) is 0 Å². The Hall–Kier alpha value is -0.530. The van der Waals surface area contributed by atoms with E-state index in [2.05, 4.69) is 12.2 Å². The van der Waals surface area contributed by atoms with Crippen LogP contribution in [0.2, 0.25) is 0 Å². The summed E-state index contributed by atoms with van der Waals surface area (Å²) in [4.78, 5) is 12.4. The Morgan fingerprint density at radius 1 is 1.00 bits per heavy atom. The molecule has 0 spiro atoms. The Balaban J connectivity index is 1.45. The minimum absolute atomic E-state index is 0.325. The summed E-state index contributed by atoms with van der Waals surface area (Å²) in [5.74, 6) is 3.63. The second-order valence-electron chi connectivity index (χ2n) is 8.49. The maximum absolute atomic E-state index is 12.4. The highest BCUT2D eigenvalue weighted by atomic mass is 16.1. The smallest absolute Gasteiger partial charge is 0.223 e. The van der Waals surface area contributed by atoms with E-state index >= 15 is 0 Å². The fourth-order valence-electron chi connectivity index (χ4n) is 6.38. The Morgan fingerprint density at radius 2 is 1.50 bits per heavy atom. The van der Waals surface area contributed by atoms with E-state index in [1.165, 1.54) is 51.4 Å². The zero-order valence-corrected chi connectivity index (χ0v) is 12.9. The van der Waals surface area contributed by atoms with Crippen LogP contribution >= 0.6 is 0 Å². The fourth-order valence-corrected chi connectivity index (χ4v) is 6.38. The zero-order chi connectivity index (χ0) is 13.7.